The minimum absolute atomic E-state index is 0.162. The van der Waals surface area contributed by atoms with E-state index in [0.717, 1.165) is 75.5 Å². The number of nitrogens with one attached hydrogen (secondary N) is 1. The molecule has 0 spiro atoms. The number of carbonyl (C=O) groups excluding carboxylic acids is 1. The maximum absolute atomic E-state index is 13.1. The van der Waals surface area contributed by atoms with Crippen LogP contribution in [0.3, 0.4) is 0 Å². The third kappa shape index (κ3) is 4.51. The molecule has 0 saturated carbocycles. The number of imidazole rings is 1. The van der Waals surface area contributed by atoms with Crippen molar-refractivity contribution < 1.29 is 4.79 Å². The summed E-state index contributed by atoms with van der Waals surface area (Å²) in [6, 6.07) is 15.0. The normalized spacial score (nSPS) is 18.4. The Morgan fingerprint density at radius 3 is 2.47 bits per heavy atom. The molecule has 0 atom stereocenters. The van der Waals surface area contributed by atoms with Gasteiger partial charge in [0.1, 0.15) is 5.82 Å². The fraction of sp³-hybridized carbons (Fsp3) is 0.462. The third-order valence-electron chi connectivity index (χ3n) is 6.95. The number of nitrogens with zero attached hydrogens (tertiary/aromatic N) is 4. The second-order valence-electron chi connectivity index (χ2n) is 9.41. The van der Waals surface area contributed by atoms with Crippen molar-refractivity contribution in [2.45, 2.75) is 33.2 Å². The standard InChI is InChI=1S/C26H33N5O/c1-19-4-3-5-22(16-19)30-12-14-31(15-13-30)26(32)21-8-10-29(11-9-21)18-25-27-23-7-6-20(2)17-24(23)28-25/h3-7,16-17,21H,8-15,18H2,1-2H3,(H,27,28). The van der Waals surface area contributed by atoms with E-state index >= 15 is 0 Å². The van der Waals surface area contributed by atoms with Gasteiger partial charge in [-0.3, -0.25) is 9.69 Å². The second-order valence-corrected chi connectivity index (χ2v) is 9.41. The van der Waals surface area contributed by atoms with Crippen molar-refractivity contribution >= 4 is 22.6 Å². The van der Waals surface area contributed by atoms with E-state index in [1.54, 1.807) is 0 Å². The van der Waals surface area contributed by atoms with Crippen molar-refractivity contribution in [3.8, 4) is 0 Å². The van der Waals surface area contributed by atoms with Crippen molar-refractivity contribution in [2.24, 2.45) is 5.92 Å². The summed E-state index contributed by atoms with van der Waals surface area (Å²) in [6.45, 7) is 10.4. The zero-order valence-electron chi connectivity index (χ0n) is 19.2. The molecule has 6 heteroatoms. The van der Waals surface area contributed by atoms with Crippen LogP contribution in [0.25, 0.3) is 11.0 Å². The molecule has 0 radical (unpaired) electrons. The molecule has 168 valence electrons. The number of likely N-dealkylation sites (tertiary alicyclic amines) is 1. The molecule has 3 aromatic rings. The first-order valence-electron chi connectivity index (χ1n) is 11.8. The van der Waals surface area contributed by atoms with E-state index in [2.05, 4.69) is 76.0 Å². The Morgan fingerprint density at radius 2 is 1.72 bits per heavy atom. The highest BCUT2D eigenvalue weighted by molar-refractivity contribution is 5.79. The van der Waals surface area contributed by atoms with Gasteiger partial charge in [-0.15, -0.1) is 0 Å². The topological polar surface area (TPSA) is 55.5 Å². The Labute approximate surface area is 190 Å². The highest BCUT2D eigenvalue weighted by Crippen LogP contribution is 2.24. The number of fused-ring (bicyclic) bond motifs is 1. The van der Waals surface area contributed by atoms with Gasteiger partial charge in [0.2, 0.25) is 5.91 Å². The first kappa shape index (κ1) is 21.0. The molecule has 0 unspecified atom stereocenters. The number of rotatable bonds is 4. The van der Waals surface area contributed by atoms with Gasteiger partial charge in [0.05, 0.1) is 17.6 Å². The van der Waals surface area contributed by atoms with Crippen LogP contribution in [0.15, 0.2) is 42.5 Å². The van der Waals surface area contributed by atoms with E-state index in [9.17, 15) is 4.79 Å². The molecule has 2 saturated heterocycles. The lowest BCUT2D eigenvalue weighted by Gasteiger charge is -2.39. The second kappa shape index (κ2) is 8.94. The van der Waals surface area contributed by atoms with Gasteiger partial charge in [-0.2, -0.15) is 0 Å². The number of amides is 1. The summed E-state index contributed by atoms with van der Waals surface area (Å²) in [6.07, 6.45) is 1.88. The highest BCUT2D eigenvalue weighted by atomic mass is 16.2. The molecule has 0 aliphatic carbocycles. The van der Waals surface area contributed by atoms with Crippen LogP contribution in [0.2, 0.25) is 0 Å². The fourth-order valence-electron chi connectivity index (χ4n) is 5.07. The Morgan fingerprint density at radius 1 is 0.969 bits per heavy atom. The Balaban J connectivity index is 1.11. The lowest BCUT2D eigenvalue weighted by atomic mass is 9.95. The molecule has 2 aliphatic heterocycles. The summed E-state index contributed by atoms with van der Waals surface area (Å²) in [4.78, 5) is 28.2. The van der Waals surface area contributed by atoms with E-state index in [1.165, 1.54) is 16.8 Å². The molecule has 3 heterocycles. The average molecular weight is 432 g/mol. The van der Waals surface area contributed by atoms with E-state index in [4.69, 9.17) is 4.98 Å². The third-order valence-corrected chi connectivity index (χ3v) is 6.95. The monoisotopic (exact) mass is 431 g/mol. The number of benzene rings is 2. The maximum atomic E-state index is 13.1. The molecular formula is C26H33N5O. The predicted octanol–water partition coefficient (Wildman–Crippen LogP) is 3.74. The number of hydrogen-bond donors (Lipinski definition) is 1. The first-order valence-corrected chi connectivity index (χ1v) is 11.8. The van der Waals surface area contributed by atoms with Gasteiger partial charge >= 0.3 is 0 Å². The van der Waals surface area contributed by atoms with Crippen LogP contribution in [-0.4, -0.2) is 64.9 Å². The smallest absolute Gasteiger partial charge is 0.225 e. The minimum atomic E-state index is 0.162. The highest BCUT2D eigenvalue weighted by Gasteiger charge is 2.30. The quantitative estimate of drug-likeness (QED) is 0.684. The summed E-state index contributed by atoms with van der Waals surface area (Å²) in [5, 5.41) is 0. The molecule has 32 heavy (non-hydrogen) atoms. The fourth-order valence-corrected chi connectivity index (χ4v) is 5.07. The van der Waals surface area contributed by atoms with Gasteiger partial charge < -0.3 is 14.8 Å². The summed E-state index contributed by atoms with van der Waals surface area (Å²) in [5.74, 6) is 1.53. The summed E-state index contributed by atoms with van der Waals surface area (Å²) in [7, 11) is 0. The van der Waals surface area contributed by atoms with Gasteiger partial charge in [-0.25, -0.2) is 4.98 Å². The average Bonchev–Trinajstić information content (AvgIpc) is 3.20. The lowest BCUT2D eigenvalue weighted by molar-refractivity contribution is -0.137. The van der Waals surface area contributed by atoms with Crippen LogP contribution in [-0.2, 0) is 11.3 Å². The van der Waals surface area contributed by atoms with E-state index < -0.39 is 0 Å². The van der Waals surface area contributed by atoms with Crippen molar-refractivity contribution in [3.05, 3.63) is 59.4 Å². The van der Waals surface area contributed by atoms with Crippen molar-refractivity contribution in [1.82, 2.24) is 19.8 Å². The summed E-state index contributed by atoms with van der Waals surface area (Å²) in [5.41, 5.74) is 5.93. The van der Waals surface area contributed by atoms with E-state index in [-0.39, 0.29) is 5.92 Å². The summed E-state index contributed by atoms with van der Waals surface area (Å²) < 4.78 is 0. The molecule has 2 aromatic carbocycles. The molecule has 6 nitrogen and oxygen atoms in total. The number of aromatic nitrogens is 2. The van der Waals surface area contributed by atoms with Crippen molar-refractivity contribution in [2.75, 3.05) is 44.2 Å². The number of aryl methyl sites for hydroxylation is 2. The molecule has 5 rings (SSSR count). The van der Waals surface area contributed by atoms with Crippen LogP contribution < -0.4 is 4.90 Å². The number of piperazine rings is 1. The van der Waals surface area contributed by atoms with Crippen molar-refractivity contribution in [1.29, 1.82) is 0 Å². The number of H-pyrrole nitrogens is 1. The molecule has 2 fully saturated rings. The van der Waals surface area contributed by atoms with Gasteiger partial charge in [0.15, 0.2) is 0 Å². The van der Waals surface area contributed by atoms with Crippen LogP contribution in [0.5, 0.6) is 0 Å². The number of carbonyl (C=O) groups is 1. The predicted molar refractivity (Wildman–Crippen MR) is 129 cm³/mol. The van der Waals surface area contributed by atoms with Gasteiger partial charge in [0, 0.05) is 37.8 Å². The minimum Gasteiger partial charge on any atom is -0.368 e. The van der Waals surface area contributed by atoms with Crippen LogP contribution in [0.4, 0.5) is 5.69 Å². The van der Waals surface area contributed by atoms with Crippen LogP contribution in [0, 0.1) is 19.8 Å². The Hall–Kier alpha value is -2.86. The van der Waals surface area contributed by atoms with Crippen LogP contribution in [0.1, 0.15) is 29.8 Å². The maximum Gasteiger partial charge on any atom is 0.225 e. The number of hydrogen-bond acceptors (Lipinski definition) is 4. The SMILES string of the molecule is Cc1cccc(N2CCN(C(=O)C3CCN(Cc4nc5ccc(C)cc5[nH]4)CC3)CC2)c1. The van der Waals surface area contributed by atoms with Crippen LogP contribution >= 0.6 is 0 Å². The lowest BCUT2D eigenvalue weighted by Crippen LogP contribution is -2.51. The van der Waals surface area contributed by atoms with E-state index in [1.807, 2.05) is 0 Å². The van der Waals surface area contributed by atoms with Gasteiger partial charge in [-0.1, -0.05) is 18.2 Å². The summed E-state index contributed by atoms with van der Waals surface area (Å²) >= 11 is 0. The molecule has 1 amide bonds. The molecule has 1 N–H and O–H groups in total. The molecule has 0 bridgehead atoms. The zero-order valence-corrected chi connectivity index (χ0v) is 19.2. The van der Waals surface area contributed by atoms with Gasteiger partial charge in [-0.05, 0) is 75.2 Å². The Kier molecular flexibility index (Phi) is 5.87. The number of piperidine rings is 1. The van der Waals surface area contributed by atoms with Gasteiger partial charge in [0.25, 0.3) is 0 Å². The molecule has 1 aromatic heterocycles. The number of anilines is 1. The van der Waals surface area contributed by atoms with Crippen molar-refractivity contribution in [3.63, 3.8) is 0 Å². The zero-order chi connectivity index (χ0) is 22.1. The number of aromatic amines is 1. The largest absolute Gasteiger partial charge is 0.368 e. The Bertz CT molecular complexity index is 1090. The molecular weight excluding hydrogens is 398 g/mol. The molecule has 2 aliphatic rings. The first-order chi connectivity index (χ1) is 15.5. The van der Waals surface area contributed by atoms with E-state index in [0.29, 0.717) is 5.91 Å².